The van der Waals surface area contributed by atoms with Crippen molar-refractivity contribution in [1.29, 1.82) is 0 Å². The molecule has 4 heteroatoms. The van der Waals surface area contributed by atoms with Gasteiger partial charge in [-0.3, -0.25) is 0 Å². The number of thiophene rings is 1. The fourth-order valence-corrected chi connectivity index (χ4v) is 2.56. The predicted octanol–water partition coefficient (Wildman–Crippen LogP) is 3.94. The van der Waals surface area contributed by atoms with E-state index in [0.717, 1.165) is 23.1 Å². The van der Waals surface area contributed by atoms with Gasteiger partial charge in [0.2, 0.25) is 0 Å². The van der Waals surface area contributed by atoms with Gasteiger partial charge in [0, 0.05) is 22.4 Å². The molecule has 1 nitrogen and oxygen atoms in total. The number of nitrogens with one attached hydrogen (secondary N) is 1. The average molecular weight is 300 g/mol. The number of hydrogen-bond acceptors (Lipinski definition) is 2. The minimum absolute atomic E-state index is 0.214. The molecule has 0 bridgehead atoms. The Bertz CT molecular complexity index is 456. The number of halogens is 2. The Labute approximate surface area is 106 Å². The van der Waals surface area contributed by atoms with Gasteiger partial charge in [-0.25, -0.2) is 4.39 Å². The third kappa shape index (κ3) is 3.14. The summed E-state index contributed by atoms with van der Waals surface area (Å²) in [5.41, 5.74) is 1.07. The summed E-state index contributed by atoms with van der Waals surface area (Å²) in [6.45, 7) is 1.58. The van der Waals surface area contributed by atoms with Crippen LogP contribution in [0.3, 0.4) is 0 Å². The summed E-state index contributed by atoms with van der Waals surface area (Å²) in [6, 6.07) is 8.89. The van der Waals surface area contributed by atoms with E-state index in [1.807, 2.05) is 6.07 Å². The second-order valence-corrected chi connectivity index (χ2v) is 5.31. The first-order valence-electron chi connectivity index (χ1n) is 4.93. The van der Waals surface area contributed by atoms with Crippen LogP contribution in [0, 0.1) is 5.82 Å². The zero-order valence-corrected chi connectivity index (χ0v) is 10.9. The Morgan fingerprint density at radius 1 is 1.25 bits per heavy atom. The molecular weight excluding hydrogens is 289 g/mol. The summed E-state index contributed by atoms with van der Waals surface area (Å²) in [5.74, 6) is -0.214. The normalized spacial score (nSPS) is 10.6. The van der Waals surface area contributed by atoms with Crippen LogP contribution in [-0.4, -0.2) is 0 Å². The number of hydrogen-bond donors (Lipinski definition) is 1. The standard InChI is InChI=1S/C12H11BrFNS/c13-12-6-10(14)4-3-9(12)7-15-8-11-2-1-5-16-11/h1-6,15H,7-8H2. The summed E-state index contributed by atoms with van der Waals surface area (Å²) in [5, 5.41) is 5.38. The first-order chi connectivity index (χ1) is 7.75. The van der Waals surface area contributed by atoms with Gasteiger partial charge >= 0.3 is 0 Å². The third-order valence-electron chi connectivity index (χ3n) is 2.21. The van der Waals surface area contributed by atoms with Crippen LogP contribution in [0.2, 0.25) is 0 Å². The van der Waals surface area contributed by atoms with Gasteiger partial charge in [-0.2, -0.15) is 0 Å². The van der Waals surface area contributed by atoms with Gasteiger partial charge in [-0.15, -0.1) is 11.3 Å². The van der Waals surface area contributed by atoms with Crippen molar-refractivity contribution in [3.63, 3.8) is 0 Å². The predicted molar refractivity (Wildman–Crippen MR) is 69.0 cm³/mol. The molecule has 0 saturated carbocycles. The van der Waals surface area contributed by atoms with E-state index in [9.17, 15) is 4.39 Å². The van der Waals surface area contributed by atoms with Crippen molar-refractivity contribution >= 4 is 27.3 Å². The average Bonchev–Trinajstić information content (AvgIpc) is 2.74. The Morgan fingerprint density at radius 2 is 2.12 bits per heavy atom. The molecule has 1 aromatic heterocycles. The zero-order valence-electron chi connectivity index (χ0n) is 8.54. The van der Waals surface area contributed by atoms with Gasteiger partial charge in [0.05, 0.1) is 0 Å². The van der Waals surface area contributed by atoms with Crippen molar-refractivity contribution in [3.05, 3.63) is 56.4 Å². The lowest BCUT2D eigenvalue weighted by molar-refractivity contribution is 0.623. The lowest BCUT2D eigenvalue weighted by atomic mass is 10.2. The van der Waals surface area contributed by atoms with Crippen LogP contribution in [-0.2, 0) is 13.1 Å². The molecule has 0 fully saturated rings. The molecular formula is C12H11BrFNS. The van der Waals surface area contributed by atoms with Crippen molar-refractivity contribution in [2.45, 2.75) is 13.1 Å². The van der Waals surface area contributed by atoms with Crippen molar-refractivity contribution < 1.29 is 4.39 Å². The molecule has 84 valence electrons. The van der Waals surface area contributed by atoms with E-state index in [1.54, 1.807) is 17.4 Å². The number of benzene rings is 1. The summed E-state index contributed by atoms with van der Waals surface area (Å²) >= 11 is 5.08. The Kier molecular flexibility index (Phi) is 4.09. The van der Waals surface area contributed by atoms with E-state index in [4.69, 9.17) is 0 Å². The van der Waals surface area contributed by atoms with Gasteiger partial charge in [-0.05, 0) is 29.1 Å². The lowest BCUT2D eigenvalue weighted by Gasteiger charge is -2.05. The highest BCUT2D eigenvalue weighted by Crippen LogP contribution is 2.18. The largest absolute Gasteiger partial charge is 0.308 e. The summed E-state index contributed by atoms with van der Waals surface area (Å²) in [4.78, 5) is 1.30. The summed E-state index contributed by atoms with van der Waals surface area (Å²) in [6.07, 6.45) is 0. The highest BCUT2D eigenvalue weighted by atomic mass is 79.9. The van der Waals surface area contributed by atoms with Gasteiger partial charge in [0.1, 0.15) is 5.82 Å². The molecule has 0 saturated heterocycles. The second kappa shape index (κ2) is 5.57. The van der Waals surface area contributed by atoms with Gasteiger partial charge in [0.25, 0.3) is 0 Å². The smallest absolute Gasteiger partial charge is 0.124 e. The minimum Gasteiger partial charge on any atom is -0.308 e. The van der Waals surface area contributed by atoms with Crippen molar-refractivity contribution in [1.82, 2.24) is 5.32 Å². The van der Waals surface area contributed by atoms with Crippen LogP contribution in [0.5, 0.6) is 0 Å². The van der Waals surface area contributed by atoms with Crippen LogP contribution in [0.25, 0.3) is 0 Å². The van der Waals surface area contributed by atoms with E-state index < -0.39 is 0 Å². The molecule has 0 unspecified atom stereocenters. The fraction of sp³-hybridized carbons (Fsp3) is 0.167. The molecule has 1 heterocycles. The van der Waals surface area contributed by atoms with Crippen molar-refractivity contribution in [2.24, 2.45) is 0 Å². The maximum absolute atomic E-state index is 12.8. The topological polar surface area (TPSA) is 12.0 Å². The first kappa shape index (κ1) is 11.8. The van der Waals surface area contributed by atoms with Crippen LogP contribution >= 0.6 is 27.3 Å². The minimum atomic E-state index is -0.214. The Morgan fingerprint density at radius 3 is 2.81 bits per heavy atom. The molecule has 0 aliphatic heterocycles. The second-order valence-electron chi connectivity index (χ2n) is 3.42. The van der Waals surface area contributed by atoms with E-state index in [2.05, 4.69) is 32.7 Å². The lowest BCUT2D eigenvalue weighted by Crippen LogP contribution is -2.12. The molecule has 0 amide bonds. The van der Waals surface area contributed by atoms with Crippen LogP contribution in [0.1, 0.15) is 10.4 Å². The van der Waals surface area contributed by atoms with E-state index in [1.165, 1.54) is 17.0 Å². The van der Waals surface area contributed by atoms with E-state index in [0.29, 0.717) is 0 Å². The monoisotopic (exact) mass is 299 g/mol. The Balaban J connectivity index is 1.90. The molecule has 1 aromatic carbocycles. The van der Waals surface area contributed by atoms with Crippen LogP contribution in [0.4, 0.5) is 4.39 Å². The molecule has 0 spiro atoms. The zero-order chi connectivity index (χ0) is 11.4. The molecule has 0 atom stereocenters. The van der Waals surface area contributed by atoms with Gasteiger partial charge in [-0.1, -0.05) is 28.1 Å². The molecule has 1 N–H and O–H groups in total. The van der Waals surface area contributed by atoms with E-state index in [-0.39, 0.29) is 5.82 Å². The van der Waals surface area contributed by atoms with Crippen molar-refractivity contribution in [3.8, 4) is 0 Å². The quantitative estimate of drug-likeness (QED) is 0.902. The Hall–Kier alpha value is -0.710. The molecule has 0 aliphatic rings. The number of rotatable bonds is 4. The molecule has 2 aromatic rings. The maximum atomic E-state index is 12.8. The van der Waals surface area contributed by atoms with Crippen LogP contribution < -0.4 is 5.32 Å². The molecule has 2 rings (SSSR count). The molecule has 0 aliphatic carbocycles. The summed E-state index contributed by atoms with van der Waals surface area (Å²) < 4.78 is 13.7. The van der Waals surface area contributed by atoms with Crippen molar-refractivity contribution in [2.75, 3.05) is 0 Å². The highest BCUT2D eigenvalue weighted by molar-refractivity contribution is 9.10. The molecule has 16 heavy (non-hydrogen) atoms. The summed E-state index contributed by atoms with van der Waals surface area (Å²) in [7, 11) is 0. The SMILES string of the molecule is Fc1ccc(CNCc2cccs2)c(Br)c1. The highest BCUT2D eigenvalue weighted by Gasteiger charge is 2.01. The first-order valence-corrected chi connectivity index (χ1v) is 6.60. The molecule has 0 radical (unpaired) electrons. The van der Waals surface area contributed by atoms with Gasteiger partial charge < -0.3 is 5.32 Å². The van der Waals surface area contributed by atoms with E-state index >= 15 is 0 Å². The fourth-order valence-electron chi connectivity index (χ4n) is 1.40. The third-order valence-corrected chi connectivity index (χ3v) is 3.82. The maximum Gasteiger partial charge on any atom is 0.124 e. The van der Waals surface area contributed by atoms with Gasteiger partial charge in [0.15, 0.2) is 0 Å². The van der Waals surface area contributed by atoms with Crippen LogP contribution in [0.15, 0.2) is 40.2 Å².